The van der Waals surface area contributed by atoms with E-state index in [1.165, 1.54) is 22.3 Å². The van der Waals surface area contributed by atoms with Crippen LogP contribution in [0.25, 0.3) is 28.0 Å². The largest absolute Gasteiger partial charge is 0.305 e. The number of aromatic nitrogens is 2. The molecule has 2 aromatic carbocycles. The average molecular weight is 323 g/mol. The molecule has 0 unspecified atom stereocenters. The third-order valence-corrected chi connectivity index (χ3v) is 4.60. The molecular formula is C22H17N3. The van der Waals surface area contributed by atoms with Crippen LogP contribution in [-0.4, -0.2) is 9.38 Å². The molecule has 0 fully saturated rings. The summed E-state index contributed by atoms with van der Waals surface area (Å²) < 4.78 is 1.89. The Bertz CT molecular complexity index is 1110. The van der Waals surface area contributed by atoms with Gasteiger partial charge < -0.3 is 4.40 Å². The number of hydrogen-bond donors (Lipinski definition) is 0. The Balaban J connectivity index is 1.70. The summed E-state index contributed by atoms with van der Waals surface area (Å²) in [5, 5.41) is 9.01. The van der Waals surface area contributed by atoms with E-state index in [1.54, 1.807) is 12.3 Å². The second-order valence-corrected chi connectivity index (χ2v) is 6.30. The molecule has 0 N–H and O–H groups in total. The van der Waals surface area contributed by atoms with Crippen LogP contribution in [0.3, 0.4) is 0 Å². The molecule has 2 heterocycles. The number of nitriles is 1. The summed E-state index contributed by atoms with van der Waals surface area (Å²) in [5.74, 6) is 0. The number of benzene rings is 2. The van der Waals surface area contributed by atoms with Gasteiger partial charge in [-0.3, -0.25) is 0 Å². The van der Waals surface area contributed by atoms with Gasteiger partial charge in [0.25, 0.3) is 0 Å². The van der Waals surface area contributed by atoms with Crippen LogP contribution in [0.1, 0.15) is 16.7 Å². The van der Waals surface area contributed by atoms with E-state index in [0.717, 1.165) is 16.9 Å². The molecule has 3 heteroatoms. The Morgan fingerprint density at radius 1 is 0.800 bits per heavy atom. The molecule has 0 aliphatic heterocycles. The smallest absolute Gasteiger partial charge is 0.137 e. The fourth-order valence-electron chi connectivity index (χ4n) is 2.95. The molecule has 0 aliphatic rings. The number of nitrogens with zero attached hydrogens (tertiary/aromatic N) is 3. The highest BCUT2D eigenvalue weighted by Crippen LogP contribution is 2.26. The van der Waals surface area contributed by atoms with E-state index in [-0.39, 0.29) is 0 Å². The molecule has 120 valence electrons. The summed E-state index contributed by atoms with van der Waals surface area (Å²) in [4.78, 5) is 4.64. The monoisotopic (exact) mass is 323 g/mol. The predicted octanol–water partition coefficient (Wildman–Crippen LogP) is 5.16. The molecule has 0 bridgehead atoms. The van der Waals surface area contributed by atoms with E-state index in [2.05, 4.69) is 67.4 Å². The first-order chi connectivity index (χ1) is 12.1. The second-order valence-electron chi connectivity index (χ2n) is 6.30. The highest BCUT2D eigenvalue weighted by atomic mass is 15.0. The molecule has 0 saturated carbocycles. The molecule has 0 spiro atoms. The van der Waals surface area contributed by atoms with Crippen molar-refractivity contribution in [3.05, 3.63) is 83.7 Å². The van der Waals surface area contributed by atoms with E-state index >= 15 is 0 Å². The summed E-state index contributed by atoms with van der Waals surface area (Å²) >= 11 is 0. The number of pyridine rings is 1. The molecule has 4 aromatic rings. The molecule has 0 radical (unpaired) electrons. The lowest BCUT2D eigenvalue weighted by molar-refractivity contribution is 1.17. The number of hydrogen-bond acceptors (Lipinski definition) is 2. The zero-order chi connectivity index (χ0) is 17.4. The quantitative estimate of drug-likeness (QED) is 0.511. The van der Waals surface area contributed by atoms with Gasteiger partial charge >= 0.3 is 0 Å². The van der Waals surface area contributed by atoms with Crippen molar-refractivity contribution < 1.29 is 0 Å². The van der Waals surface area contributed by atoms with Gasteiger partial charge in [0, 0.05) is 18.0 Å². The molecular weight excluding hydrogens is 306 g/mol. The Morgan fingerprint density at radius 3 is 2.24 bits per heavy atom. The molecule has 0 saturated heterocycles. The first kappa shape index (κ1) is 15.2. The van der Waals surface area contributed by atoms with Crippen molar-refractivity contribution in [2.75, 3.05) is 0 Å². The fraction of sp³-hybridized carbons (Fsp3) is 0.0909. The van der Waals surface area contributed by atoms with Crippen LogP contribution in [0.5, 0.6) is 0 Å². The van der Waals surface area contributed by atoms with Crippen LogP contribution in [0, 0.1) is 25.2 Å². The van der Waals surface area contributed by atoms with E-state index in [0.29, 0.717) is 5.56 Å². The lowest BCUT2D eigenvalue weighted by atomic mass is 9.99. The van der Waals surface area contributed by atoms with Gasteiger partial charge in [-0.15, -0.1) is 0 Å². The minimum atomic E-state index is 0.626. The maximum absolute atomic E-state index is 9.01. The van der Waals surface area contributed by atoms with Crippen molar-refractivity contribution in [1.82, 2.24) is 9.38 Å². The summed E-state index contributed by atoms with van der Waals surface area (Å²) in [5.41, 5.74) is 8.47. The fourth-order valence-corrected chi connectivity index (χ4v) is 2.95. The van der Waals surface area contributed by atoms with Gasteiger partial charge in [-0.05, 0) is 48.2 Å². The van der Waals surface area contributed by atoms with Crippen LogP contribution in [0.15, 0.2) is 67.0 Å². The summed E-state index contributed by atoms with van der Waals surface area (Å²) in [7, 11) is 0. The van der Waals surface area contributed by atoms with Gasteiger partial charge in [-0.2, -0.15) is 5.26 Å². The molecule has 0 atom stereocenters. The molecule has 3 nitrogen and oxygen atoms in total. The van der Waals surface area contributed by atoms with Crippen LogP contribution in [0.2, 0.25) is 0 Å². The van der Waals surface area contributed by atoms with Crippen LogP contribution in [-0.2, 0) is 0 Å². The zero-order valence-corrected chi connectivity index (χ0v) is 14.2. The number of fused-ring (bicyclic) bond motifs is 1. The SMILES string of the molecule is Cc1ccc(-c2ccc(-c3cn4cc(C#N)ccc4n3)cc2)cc1C. The van der Waals surface area contributed by atoms with Gasteiger partial charge in [-0.1, -0.05) is 42.5 Å². The normalized spacial score (nSPS) is 10.8. The number of aryl methyl sites for hydroxylation is 2. The highest BCUT2D eigenvalue weighted by Gasteiger charge is 2.06. The lowest BCUT2D eigenvalue weighted by Crippen LogP contribution is -1.84. The first-order valence-corrected chi connectivity index (χ1v) is 8.21. The molecule has 4 rings (SSSR count). The second kappa shape index (κ2) is 5.92. The molecule has 25 heavy (non-hydrogen) atoms. The topological polar surface area (TPSA) is 41.1 Å². The standard InChI is InChI=1S/C22H17N3/c1-15-3-5-20(11-16(15)2)18-6-8-19(9-7-18)21-14-25-13-17(12-23)4-10-22(25)24-21/h3-11,13-14H,1-2H3. The van der Waals surface area contributed by atoms with Crippen molar-refractivity contribution in [2.45, 2.75) is 13.8 Å². The van der Waals surface area contributed by atoms with Gasteiger partial charge in [-0.25, -0.2) is 4.98 Å². The summed E-state index contributed by atoms with van der Waals surface area (Å²) in [6.45, 7) is 4.27. The Kier molecular flexibility index (Phi) is 3.59. The van der Waals surface area contributed by atoms with Gasteiger partial charge in [0.15, 0.2) is 0 Å². The molecule has 0 aliphatic carbocycles. The predicted molar refractivity (Wildman–Crippen MR) is 100 cm³/mol. The van der Waals surface area contributed by atoms with Crippen molar-refractivity contribution in [2.24, 2.45) is 0 Å². The Morgan fingerprint density at radius 2 is 1.52 bits per heavy atom. The summed E-state index contributed by atoms with van der Waals surface area (Å²) in [6, 6.07) is 20.8. The van der Waals surface area contributed by atoms with E-state index < -0.39 is 0 Å². The maximum Gasteiger partial charge on any atom is 0.137 e. The van der Waals surface area contributed by atoms with Crippen molar-refractivity contribution >= 4 is 5.65 Å². The average Bonchev–Trinajstić information content (AvgIpc) is 3.07. The third kappa shape index (κ3) is 2.79. The minimum Gasteiger partial charge on any atom is -0.305 e. The van der Waals surface area contributed by atoms with E-state index in [4.69, 9.17) is 5.26 Å². The van der Waals surface area contributed by atoms with Crippen LogP contribution in [0.4, 0.5) is 0 Å². The number of rotatable bonds is 2. The van der Waals surface area contributed by atoms with Gasteiger partial charge in [0.2, 0.25) is 0 Å². The van der Waals surface area contributed by atoms with Gasteiger partial charge in [0.1, 0.15) is 11.7 Å². The first-order valence-electron chi connectivity index (χ1n) is 8.21. The van der Waals surface area contributed by atoms with E-state index in [9.17, 15) is 0 Å². The Labute approximate surface area is 146 Å². The Hall–Kier alpha value is -3.38. The molecule has 0 amide bonds. The molecule has 2 aromatic heterocycles. The van der Waals surface area contributed by atoms with Crippen molar-refractivity contribution in [3.63, 3.8) is 0 Å². The van der Waals surface area contributed by atoms with Crippen molar-refractivity contribution in [3.8, 4) is 28.5 Å². The minimum absolute atomic E-state index is 0.626. The van der Waals surface area contributed by atoms with Gasteiger partial charge in [0.05, 0.1) is 11.3 Å². The van der Waals surface area contributed by atoms with Crippen LogP contribution >= 0.6 is 0 Å². The third-order valence-electron chi connectivity index (χ3n) is 4.60. The maximum atomic E-state index is 9.01. The highest BCUT2D eigenvalue weighted by molar-refractivity contribution is 5.70. The van der Waals surface area contributed by atoms with E-state index in [1.807, 2.05) is 16.7 Å². The zero-order valence-electron chi connectivity index (χ0n) is 14.2. The summed E-state index contributed by atoms with van der Waals surface area (Å²) in [6.07, 6.45) is 3.76. The number of imidazole rings is 1. The van der Waals surface area contributed by atoms with Crippen LogP contribution < -0.4 is 0 Å². The van der Waals surface area contributed by atoms with Crippen molar-refractivity contribution in [1.29, 1.82) is 5.26 Å². The lowest BCUT2D eigenvalue weighted by Gasteiger charge is -2.06.